The highest BCUT2D eigenvalue weighted by Crippen LogP contribution is 2.17. The number of sulfonamides is 1. The van der Waals surface area contributed by atoms with E-state index in [1.54, 1.807) is 23.9 Å². The molecular weight excluding hydrogens is 290 g/mol. The second kappa shape index (κ2) is 6.72. The van der Waals surface area contributed by atoms with Crippen LogP contribution in [0.4, 0.5) is 0 Å². The molecule has 2 heterocycles. The number of aromatic nitrogens is 1. The Morgan fingerprint density at radius 3 is 2.86 bits per heavy atom. The lowest BCUT2D eigenvalue weighted by atomic mass is 9.98. The van der Waals surface area contributed by atoms with Gasteiger partial charge in [0.15, 0.2) is 0 Å². The Kier molecular flexibility index (Phi) is 5.18. The molecule has 0 saturated carbocycles. The maximum Gasteiger partial charge on any atom is 0.250 e. The van der Waals surface area contributed by atoms with Crippen molar-refractivity contribution in [1.29, 1.82) is 0 Å². The minimum atomic E-state index is -3.12. The summed E-state index contributed by atoms with van der Waals surface area (Å²) in [5, 5.41) is 0. The van der Waals surface area contributed by atoms with Crippen LogP contribution in [-0.4, -0.2) is 43.8 Å². The predicted octanol–water partition coefficient (Wildman–Crippen LogP) is 0.147. The Morgan fingerprint density at radius 2 is 2.19 bits per heavy atom. The number of piperidine rings is 1. The highest BCUT2D eigenvalue weighted by atomic mass is 32.2. The molecule has 0 aromatic carbocycles. The van der Waals surface area contributed by atoms with Gasteiger partial charge in [-0.2, -0.15) is 0 Å². The van der Waals surface area contributed by atoms with Gasteiger partial charge >= 0.3 is 0 Å². The van der Waals surface area contributed by atoms with Crippen LogP contribution in [-0.2, 0) is 23.6 Å². The van der Waals surface area contributed by atoms with Gasteiger partial charge in [-0.1, -0.05) is 0 Å². The van der Waals surface area contributed by atoms with Crippen molar-refractivity contribution in [3.63, 3.8) is 0 Å². The van der Waals surface area contributed by atoms with E-state index >= 15 is 0 Å². The molecule has 0 bridgehead atoms. The summed E-state index contributed by atoms with van der Waals surface area (Å²) in [6, 6.07) is 3.62. The van der Waals surface area contributed by atoms with E-state index in [0.717, 1.165) is 38.0 Å². The molecule has 1 saturated heterocycles. The second-order valence-corrected chi connectivity index (χ2v) is 7.68. The van der Waals surface area contributed by atoms with Crippen molar-refractivity contribution in [2.45, 2.75) is 19.4 Å². The van der Waals surface area contributed by atoms with E-state index in [4.69, 9.17) is 0 Å². The van der Waals surface area contributed by atoms with Crippen molar-refractivity contribution < 1.29 is 8.42 Å². The molecular formula is C14H23N3O3S. The van der Waals surface area contributed by atoms with Gasteiger partial charge in [0.25, 0.3) is 5.56 Å². The summed E-state index contributed by atoms with van der Waals surface area (Å²) in [6.45, 7) is 3.08. The zero-order chi connectivity index (χ0) is 15.5. The van der Waals surface area contributed by atoms with Crippen molar-refractivity contribution in [3.8, 4) is 0 Å². The van der Waals surface area contributed by atoms with Crippen LogP contribution in [0.2, 0.25) is 0 Å². The summed E-state index contributed by atoms with van der Waals surface area (Å²) < 4.78 is 26.4. The minimum absolute atomic E-state index is 0.000183. The molecule has 1 fully saturated rings. The lowest BCUT2D eigenvalue weighted by Crippen LogP contribution is -2.40. The summed E-state index contributed by atoms with van der Waals surface area (Å²) in [6.07, 6.45) is 5.06. The van der Waals surface area contributed by atoms with Gasteiger partial charge in [-0.3, -0.25) is 9.69 Å². The van der Waals surface area contributed by atoms with E-state index in [-0.39, 0.29) is 5.56 Å². The van der Waals surface area contributed by atoms with Crippen LogP contribution in [0.3, 0.4) is 0 Å². The average Bonchev–Trinajstić information content (AvgIpc) is 2.40. The topological polar surface area (TPSA) is 71.4 Å². The lowest BCUT2D eigenvalue weighted by Gasteiger charge is -2.32. The van der Waals surface area contributed by atoms with Crippen LogP contribution in [0.15, 0.2) is 23.1 Å². The standard InChI is InChI=1S/C14H23N3O3S/c1-16-7-5-12(8-14(16)18)10-17-6-3-4-13(11-17)9-15-21(2,19)20/h5,7-8,13,15H,3-4,6,9-11H2,1-2H3/t13-/m1/s1. The highest BCUT2D eigenvalue weighted by molar-refractivity contribution is 7.88. The number of likely N-dealkylation sites (tertiary alicyclic amines) is 1. The third-order valence-electron chi connectivity index (χ3n) is 3.81. The van der Waals surface area contributed by atoms with Gasteiger partial charge in [0.1, 0.15) is 0 Å². The fourth-order valence-electron chi connectivity index (χ4n) is 2.68. The largest absolute Gasteiger partial charge is 0.319 e. The predicted molar refractivity (Wildman–Crippen MR) is 82.5 cm³/mol. The number of hydrogen-bond donors (Lipinski definition) is 1. The summed E-state index contributed by atoms with van der Waals surface area (Å²) in [4.78, 5) is 13.9. The lowest BCUT2D eigenvalue weighted by molar-refractivity contribution is 0.169. The molecule has 1 N–H and O–H groups in total. The van der Waals surface area contributed by atoms with Crippen LogP contribution >= 0.6 is 0 Å². The number of nitrogens with zero attached hydrogens (tertiary/aromatic N) is 2. The van der Waals surface area contributed by atoms with Gasteiger partial charge < -0.3 is 4.57 Å². The smallest absolute Gasteiger partial charge is 0.250 e. The van der Waals surface area contributed by atoms with E-state index in [2.05, 4.69) is 9.62 Å². The highest BCUT2D eigenvalue weighted by Gasteiger charge is 2.20. The molecule has 0 unspecified atom stereocenters. The van der Waals surface area contributed by atoms with E-state index in [1.165, 1.54) is 6.26 Å². The normalized spacial score (nSPS) is 20.6. The van der Waals surface area contributed by atoms with Crippen LogP contribution in [0.25, 0.3) is 0 Å². The molecule has 0 aliphatic carbocycles. The van der Waals surface area contributed by atoms with Crippen LogP contribution in [0.5, 0.6) is 0 Å². The monoisotopic (exact) mass is 313 g/mol. The Balaban J connectivity index is 1.91. The van der Waals surface area contributed by atoms with E-state index in [9.17, 15) is 13.2 Å². The van der Waals surface area contributed by atoms with Crippen molar-refractivity contribution in [1.82, 2.24) is 14.2 Å². The summed E-state index contributed by atoms with van der Waals surface area (Å²) in [5.41, 5.74) is 1.01. The summed E-state index contributed by atoms with van der Waals surface area (Å²) >= 11 is 0. The molecule has 1 aliphatic heterocycles. The Bertz CT molecular complexity index is 639. The van der Waals surface area contributed by atoms with Crippen LogP contribution in [0.1, 0.15) is 18.4 Å². The van der Waals surface area contributed by atoms with Crippen molar-refractivity contribution in [2.75, 3.05) is 25.9 Å². The third kappa shape index (κ3) is 5.26. The van der Waals surface area contributed by atoms with Crippen molar-refractivity contribution in [3.05, 3.63) is 34.2 Å². The SMILES string of the molecule is Cn1ccc(CN2CCC[C@H](CNS(C)(=O)=O)C2)cc1=O. The van der Waals surface area contributed by atoms with Crippen molar-refractivity contribution in [2.24, 2.45) is 13.0 Å². The minimum Gasteiger partial charge on any atom is -0.319 e. The zero-order valence-corrected chi connectivity index (χ0v) is 13.4. The number of aryl methyl sites for hydroxylation is 1. The molecule has 0 radical (unpaired) electrons. The summed E-state index contributed by atoms with van der Waals surface area (Å²) in [7, 11) is -1.39. The Morgan fingerprint density at radius 1 is 1.43 bits per heavy atom. The van der Waals surface area contributed by atoms with Crippen LogP contribution in [0, 0.1) is 5.92 Å². The molecule has 1 aromatic rings. The Labute approximate surface area is 125 Å². The molecule has 1 aromatic heterocycles. The van der Waals surface area contributed by atoms with E-state index in [1.807, 2.05) is 6.07 Å². The van der Waals surface area contributed by atoms with E-state index < -0.39 is 10.0 Å². The summed E-state index contributed by atoms with van der Waals surface area (Å²) in [5.74, 6) is 0.333. The molecule has 7 heteroatoms. The van der Waals surface area contributed by atoms with Crippen molar-refractivity contribution >= 4 is 10.0 Å². The van der Waals surface area contributed by atoms with Gasteiger partial charge in [0.2, 0.25) is 10.0 Å². The molecule has 6 nitrogen and oxygen atoms in total. The van der Waals surface area contributed by atoms with Gasteiger partial charge in [-0.05, 0) is 36.9 Å². The van der Waals surface area contributed by atoms with Gasteiger partial charge in [0.05, 0.1) is 6.26 Å². The fraction of sp³-hybridized carbons (Fsp3) is 0.643. The number of nitrogens with one attached hydrogen (secondary N) is 1. The molecule has 1 atom stereocenters. The molecule has 118 valence electrons. The van der Waals surface area contributed by atoms with Gasteiger partial charge in [-0.25, -0.2) is 13.1 Å². The van der Waals surface area contributed by atoms with Crippen LogP contribution < -0.4 is 10.3 Å². The molecule has 0 amide bonds. The number of pyridine rings is 1. The Hall–Kier alpha value is -1.18. The first kappa shape index (κ1) is 16.2. The van der Waals surface area contributed by atoms with Gasteiger partial charge in [-0.15, -0.1) is 0 Å². The second-order valence-electron chi connectivity index (χ2n) is 5.85. The third-order valence-corrected chi connectivity index (χ3v) is 4.50. The maximum atomic E-state index is 11.6. The average molecular weight is 313 g/mol. The quantitative estimate of drug-likeness (QED) is 0.840. The molecule has 0 spiro atoms. The molecule has 1 aliphatic rings. The zero-order valence-electron chi connectivity index (χ0n) is 12.6. The fourth-order valence-corrected chi connectivity index (χ4v) is 3.22. The number of rotatable bonds is 5. The maximum absolute atomic E-state index is 11.6. The number of hydrogen-bond acceptors (Lipinski definition) is 4. The first-order chi connectivity index (χ1) is 9.83. The first-order valence-electron chi connectivity index (χ1n) is 7.16. The van der Waals surface area contributed by atoms with E-state index in [0.29, 0.717) is 12.5 Å². The molecule has 2 rings (SSSR count). The van der Waals surface area contributed by atoms with Gasteiger partial charge in [0, 0.05) is 38.9 Å². The molecule has 21 heavy (non-hydrogen) atoms. The first-order valence-corrected chi connectivity index (χ1v) is 9.05.